The van der Waals surface area contributed by atoms with Crippen LogP contribution in [0.15, 0.2) is 0 Å². The average molecular weight is 268 g/mol. The Kier molecular flexibility index (Phi) is 4.02. The van der Waals surface area contributed by atoms with Crippen LogP contribution in [-0.2, 0) is 4.79 Å². The summed E-state index contributed by atoms with van der Waals surface area (Å²) in [5, 5.41) is 9.20. The monoisotopic (exact) mass is 268 g/mol. The van der Waals surface area contributed by atoms with Crippen molar-refractivity contribution in [3.8, 4) is 0 Å². The predicted molar refractivity (Wildman–Crippen MR) is 71.9 cm³/mol. The first-order valence-corrected chi connectivity index (χ1v) is 7.23. The van der Waals surface area contributed by atoms with Crippen molar-refractivity contribution in [3.63, 3.8) is 0 Å². The highest BCUT2D eigenvalue weighted by Gasteiger charge is 2.43. The number of carboxylic acids is 1. The molecule has 5 heteroatoms. The fraction of sp³-hybridized carbons (Fsp3) is 0.857. The zero-order valence-corrected chi connectivity index (χ0v) is 11.9. The van der Waals surface area contributed by atoms with E-state index in [0.29, 0.717) is 19.5 Å². The maximum absolute atomic E-state index is 12.4. The summed E-state index contributed by atoms with van der Waals surface area (Å²) >= 11 is 0. The van der Waals surface area contributed by atoms with Crippen molar-refractivity contribution in [2.45, 2.75) is 39.5 Å². The summed E-state index contributed by atoms with van der Waals surface area (Å²) in [6.07, 6.45) is 3.89. The topological polar surface area (TPSA) is 60.9 Å². The maximum atomic E-state index is 12.4. The largest absolute Gasteiger partial charge is 0.481 e. The second kappa shape index (κ2) is 5.39. The molecule has 0 aromatic carbocycles. The van der Waals surface area contributed by atoms with Gasteiger partial charge in [0.2, 0.25) is 0 Å². The molecule has 1 unspecified atom stereocenters. The summed E-state index contributed by atoms with van der Waals surface area (Å²) in [4.78, 5) is 27.2. The van der Waals surface area contributed by atoms with Crippen LogP contribution < -0.4 is 0 Å². The van der Waals surface area contributed by atoms with E-state index in [2.05, 4.69) is 6.92 Å². The molecule has 0 radical (unpaired) electrons. The average Bonchev–Trinajstić information content (AvgIpc) is 2.82. The van der Waals surface area contributed by atoms with Crippen LogP contribution in [-0.4, -0.2) is 53.1 Å². The Morgan fingerprint density at radius 2 is 1.84 bits per heavy atom. The van der Waals surface area contributed by atoms with Crippen LogP contribution in [0.4, 0.5) is 4.79 Å². The lowest BCUT2D eigenvalue weighted by Crippen LogP contribution is -2.46. The fourth-order valence-electron chi connectivity index (χ4n) is 3.03. The smallest absolute Gasteiger partial charge is 0.320 e. The van der Waals surface area contributed by atoms with Crippen LogP contribution >= 0.6 is 0 Å². The lowest BCUT2D eigenvalue weighted by Gasteiger charge is -2.34. The van der Waals surface area contributed by atoms with Gasteiger partial charge in [0.1, 0.15) is 0 Å². The van der Waals surface area contributed by atoms with Gasteiger partial charge in [-0.25, -0.2) is 4.79 Å². The number of hydrogen-bond donors (Lipinski definition) is 1. The third kappa shape index (κ3) is 2.85. The molecule has 1 atom stereocenters. The zero-order valence-electron chi connectivity index (χ0n) is 11.9. The van der Waals surface area contributed by atoms with Crippen molar-refractivity contribution in [1.29, 1.82) is 0 Å². The number of rotatable bonds is 2. The van der Waals surface area contributed by atoms with Crippen molar-refractivity contribution < 1.29 is 14.7 Å². The summed E-state index contributed by atoms with van der Waals surface area (Å²) < 4.78 is 0. The molecule has 0 saturated carbocycles. The molecular weight excluding hydrogens is 244 g/mol. The van der Waals surface area contributed by atoms with E-state index < -0.39 is 11.4 Å². The minimum atomic E-state index is -0.799. The number of likely N-dealkylation sites (tertiary alicyclic amines) is 2. The quantitative estimate of drug-likeness (QED) is 0.833. The Morgan fingerprint density at radius 3 is 2.32 bits per heavy atom. The highest BCUT2D eigenvalue weighted by molar-refractivity contribution is 5.79. The van der Waals surface area contributed by atoms with Gasteiger partial charge in [-0.2, -0.15) is 0 Å². The van der Waals surface area contributed by atoms with Gasteiger partial charge in [-0.1, -0.05) is 13.3 Å². The summed E-state index contributed by atoms with van der Waals surface area (Å²) in [6.45, 7) is 6.46. The number of piperidine rings is 1. The van der Waals surface area contributed by atoms with Gasteiger partial charge >= 0.3 is 12.0 Å². The minimum Gasteiger partial charge on any atom is -0.481 e. The van der Waals surface area contributed by atoms with Crippen molar-refractivity contribution in [3.05, 3.63) is 0 Å². The Bertz CT molecular complexity index is 364. The van der Waals surface area contributed by atoms with Crippen molar-refractivity contribution >= 4 is 12.0 Å². The molecule has 2 aliphatic heterocycles. The van der Waals surface area contributed by atoms with Gasteiger partial charge in [0, 0.05) is 26.2 Å². The predicted octanol–water partition coefficient (Wildman–Crippen LogP) is 2.03. The number of nitrogens with zero attached hydrogens (tertiary/aromatic N) is 2. The van der Waals surface area contributed by atoms with E-state index in [9.17, 15) is 14.7 Å². The number of urea groups is 1. The number of amides is 2. The van der Waals surface area contributed by atoms with Gasteiger partial charge in [0.25, 0.3) is 0 Å². The van der Waals surface area contributed by atoms with E-state index >= 15 is 0 Å². The maximum Gasteiger partial charge on any atom is 0.320 e. The molecule has 5 nitrogen and oxygen atoms in total. The molecule has 2 saturated heterocycles. The molecule has 2 aliphatic rings. The SMILES string of the molecule is CCC1CCN(C(=O)N2CCC(C)(C(=O)O)C2)CC1. The minimum absolute atomic E-state index is 0.0273. The van der Waals surface area contributed by atoms with Crippen LogP contribution in [0.1, 0.15) is 39.5 Å². The van der Waals surface area contributed by atoms with Gasteiger partial charge in [0.05, 0.1) is 5.41 Å². The molecule has 2 heterocycles. The lowest BCUT2D eigenvalue weighted by molar-refractivity contribution is -0.147. The summed E-state index contributed by atoms with van der Waals surface area (Å²) in [7, 11) is 0. The van der Waals surface area contributed by atoms with E-state index in [0.717, 1.165) is 31.8 Å². The lowest BCUT2D eigenvalue weighted by atomic mass is 9.90. The van der Waals surface area contributed by atoms with E-state index in [1.165, 1.54) is 6.42 Å². The Morgan fingerprint density at radius 1 is 1.21 bits per heavy atom. The summed E-state index contributed by atoms with van der Waals surface area (Å²) in [5.41, 5.74) is -0.766. The molecule has 2 rings (SSSR count). The van der Waals surface area contributed by atoms with Crippen LogP contribution in [0.5, 0.6) is 0 Å². The molecule has 0 spiro atoms. The second-order valence-corrected chi connectivity index (χ2v) is 6.16. The van der Waals surface area contributed by atoms with Crippen LogP contribution in [0, 0.1) is 11.3 Å². The third-order valence-electron chi connectivity index (χ3n) is 4.72. The van der Waals surface area contributed by atoms with Gasteiger partial charge < -0.3 is 14.9 Å². The molecule has 0 aliphatic carbocycles. The first-order valence-electron chi connectivity index (χ1n) is 7.23. The Labute approximate surface area is 114 Å². The molecule has 1 N–H and O–H groups in total. The number of carboxylic acid groups (broad SMARTS) is 1. The molecule has 0 aromatic rings. The van der Waals surface area contributed by atoms with Gasteiger partial charge in [-0.15, -0.1) is 0 Å². The Balaban J connectivity index is 1.90. The number of aliphatic carboxylic acids is 1. The molecule has 0 aromatic heterocycles. The first kappa shape index (κ1) is 14.2. The van der Waals surface area contributed by atoms with Crippen LogP contribution in [0.2, 0.25) is 0 Å². The highest BCUT2D eigenvalue weighted by Crippen LogP contribution is 2.31. The van der Waals surface area contributed by atoms with E-state index in [1.54, 1.807) is 11.8 Å². The van der Waals surface area contributed by atoms with Gasteiger partial charge in [-0.05, 0) is 32.1 Å². The summed E-state index contributed by atoms with van der Waals surface area (Å²) in [5.74, 6) is -0.0561. The van der Waals surface area contributed by atoms with E-state index in [-0.39, 0.29) is 6.03 Å². The normalized spacial score (nSPS) is 28.7. The summed E-state index contributed by atoms with van der Waals surface area (Å²) in [6, 6.07) is 0.0273. The molecule has 19 heavy (non-hydrogen) atoms. The van der Waals surface area contributed by atoms with Crippen LogP contribution in [0.3, 0.4) is 0 Å². The molecule has 108 valence electrons. The van der Waals surface area contributed by atoms with Crippen molar-refractivity contribution in [2.75, 3.05) is 26.2 Å². The van der Waals surface area contributed by atoms with Crippen molar-refractivity contribution in [1.82, 2.24) is 9.80 Å². The van der Waals surface area contributed by atoms with Crippen LogP contribution in [0.25, 0.3) is 0 Å². The van der Waals surface area contributed by atoms with Gasteiger partial charge in [-0.3, -0.25) is 4.79 Å². The van der Waals surface area contributed by atoms with E-state index in [1.807, 2.05) is 4.90 Å². The Hall–Kier alpha value is -1.26. The fourth-order valence-corrected chi connectivity index (χ4v) is 3.03. The second-order valence-electron chi connectivity index (χ2n) is 6.16. The standard InChI is InChI=1S/C14H24N2O3/c1-3-11-4-7-15(8-5-11)13(19)16-9-6-14(2,10-16)12(17)18/h11H,3-10H2,1-2H3,(H,17,18). The van der Waals surface area contributed by atoms with Gasteiger partial charge in [0.15, 0.2) is 0 Å². The first-order chi connectivity index (χ1) is 8.96. The molecule has 2 amide bonds. The zero-order chi connectivity index (χ0) is 14.0. The molecule has 0 bridgehead atoms. The van der Waals surface area contributed by atoms with E-state index in [4.69, 9.17) is 0 Å². The molecular formula is C14H24N2O3. The highest BCUT2D eigenvalue weighted by atomic mass is 16.4. The number of carbonyl (C=O) groups excluding carboxylic acids is 1. The number of carbonyl (C=O) groups is 2. The van der Waals surface area contributed by atoms with Crippen molar-refractivity contribution in [2.24, 2.45) is 11.3 Å². The molecule has 2 fully saturated rings. The number of hydrogen-bond acceptors (Lipinski definition) is 2. The third-order valence-corrected chi connectivity index (χ3v) is 4.72.